The van der Waals surface area contributed by atoms with Gasteiger partial charge >= 0.3 is 5.97 Å². The van der Waals surface area contributed by atoms with Crippen molar-refractivity contribution in [3.05, 3.63) is 23.5 Å². The SMILES string of the molecule is CCC(C)(C)CNC(=O)[C@H]1[C@@H]2CC[C@@H](C2)[C@H]1NC(=O)c1cc(O[C@H]2CC[C@@](C)(C(=O)O)CC2)c(F)cc1OC. The van der Waals surface area contributed by atoms with Gasteiger partial charge in [0.15, 0.2) is 11.6 Å². The number of benzene rings is 1. The van der Waals surface area contributed by atoms with Crippen molar-refractivity contribution >= 4 is 17.8 Å². The van der Waals surface area contributed by atoms with Gasteiger partial charge in [0.25, 0.3) is 5.91 Å². The fourth-order valence-corrected chi connectivity index (χ4v) is 6.39. The van der Waals surface area contributed by atoms with E-state index >= 15 is 0 Å². The van der Waals surface area contributed by atoms with Crippen LogP contribution in [-0.2, 0) is 9.59 Å². The molecule has 2 amide bonds. The van der Waals surface area contributed by atoms with E-state index in [9.17, 15) is 23.9 Å². The first-order chi connectivity index (χ1) is 18.4. The summed E-state index contributed by atoms with van der Waals surface area (Å²) in [6.45, 7) is 8.63. The molecule has 2 bridgehead atoms. The average Bonchev–Trinajstić information content (AvgIpc) is 3.51. The monoisotopic (exact) mass is 546 g/mol. The van der Waals surface area contributed by atoms with Crippen molar-refractivity contribution in [1.82, 2.24) is 10.6 Å². The maximum absolute atomic E-state index is 14.9. The Labute approximate surface area is 230 Å². The van der Waals surface area contributed by atoms with Crippen LogP contribution in [0.3, 0.4) is 0 Å². The third kappa shape index (κ3) is 6.17. The molecule has 216 valence electrons. The normalized spacial score (nSPS) is 30.1. The minimum Gasteiger partial charge on any atom is -0.496 e. The molecule has 3 aliphatic carbocycles. The number of nitrogens with one attached hydrogen (secondary N) is 2. The highest BCUT2D eigenvalue weighted by atomic mass is 19.1. The van der Waals surface area contributed by atoms with Crippen LogP contribution in [0.25, 0.3) is 0 Å². The first-order valence-corrected chi connectivity index (χ1v) is 14.2. The van der Waals surface area contributed by atoms with Crippen LogP contribution in [-0.4, -0.2) is 48.7 Å². The fourth-order valence-electron chi connectivity index (χ4n) is 6.39. The Kier molecular flexibility index (Phi) is 8.47. The molecule has 9 heteroatoms. The minimum atomic E-state index is -0.836. The largest absolute Gasteiger partial charge is 0.496 e. The van der Waals surface area contributed by atoms with Gasteiger partial charge in [-0.25, -0.2) is 4.39 Å². The molecule has 0 radical (unpaired) electrons. The highest BCUT2D eigenvalue weighted by Crippen LogP contribution is 2.49. The molecule has 0 saturated heterocycles. The van der Waals surface area contributed by atoms with Crippen LogP contribution < -0.4 is 20.1 Å². The molecule has 39 heavy (non-hydrogen) atoms. The molecular formula is C30H43FN2O6. The van der Waals surface area contributed by atoms with Crippen LogP contribution >= 0.6 is 0 Å². The molecule has 0 heterocycles. The topological polar surface area (TPSA) is 114 Å². The number of carbonyl (C=O) groups excluding carboxylic acids is 2. The van der Waals surface area contributed by atoms with Gasteiger partial charge in [-0.2, -0.15) is 0 Å². The number of amides is 2. The number of methoxy groups -OCH3 is 1. The standard InChI is InChI=1S/C30H43FN2O6/c1-6-29(2,3)16-32-27(35)24-17-7-8-18(13-17)25(24)33-26(34)20-14-23(21(31)15-22(20)38-5)39-19-9-11-30(4,12-10-19)28(36)37/h14-15,17-19,24-25H,6-13,16H2,1-5H3,(H,32,35)(H,33,34)(H,36,37)/t17-,18+,19-,24+,25-,30+/m1/s1. The van der Waals surface area contributed by atoms with E-state index in [2.05, 4.69) is 31.4 Å². The fraction of sp³-hybridized carbons (Fsp3) is 0.700. The van der Waals surface area contributed by atoms with Crippen molar-refractivity contribution in [2.24, 2.45) is 28.6 Å². The number of hydrogen-bond acceptors (Lipinski definition) is 5. The molecular weight excluding hydrogens is 503 g/mol. The van der Waals surface area contributed by atoms with Gasteiger partial charge in [0, 0.05) is 18.7 Å². The van der Waals surface area contributed by atoms with Gasteiger partial charge in [-0.3, -0.25) is 14.4 Å². The predicted octanol–water partition coefficient (Wildman–Crippen LogP) is 4.94. The van der Waals surface area contributed by atoms with Gasteiger partial charge < -0.3 is 25.2 Å². The summed E-state index contributed by atoms with van der Waals surface area (Å²) in [6, 6.07) is 2.21. The number of halogens is 1. The second-order valence-electron chi connectivity index (χ2n) is 12.8. The zero-order chi connectivity index (χ0) is 28.5. The molecule has 1 aromatic rings. The summed E-state index contributed by atoms with van der Waals surface area (Å²) in [6.07, 6.45) is 5.27. The maximum atomic E-state index is 14.9. The lowest BCUT2D eigenvalue weighted by molar-refractivity contribution is -0.150. The molecule has 3 fully saturated rings. The Balaban J connectivity index is 1.48. The van der Waals surface area contributed by atoms with Crippen molar-refractivity contribution in [1.29, 1.82) is 0 Å². The summed E-state index contributed by atoms with van der Waals surface area (Å²) in [7, 11) is 1.38. The van der Waals surface area contributed by atoms with Crippen molar-refractivity contribution in [2.75, 3.05) is 13.7 Å². The minimum absolute atomic E-state index is 0.00547. The molecule has 0 unspecified atom stereocenters. The van der Waals surface area contributed by atoms with E-state index in [0.717, 1.165) is 31.7 Å². The number of rotatable bonds is 10. The smallest absolute Gasteiger partial charge is 0.309 e. The van der Waals surface area contributed by atoms with Crippen LogP contribution in [0.15, 0.2) is 12.1 Å². The number of carboxylic acids is 1. The Bertz CT molecular complexity index is 1100. The van der Waals surface area contributed by atoms with Crippen LogP contribution in [0.1, 0.15) is 89.4 Å². The quantitative estimate of drug-likeness (QED) is 0.383. The molecule has 3 N–H and O–H groups in total. The van der Waals surface area contributed by atoms with Gasteiger partial charge in [-0.15, -0.1) is 0 Å². The summed E-state index contributed by atoms with van der Waals surface area (Å²) in [5.74, 6) is -1.74. The summed E-state index contributed by atoms with van der Waals surface area (Å²) in [4.78, 5) is 38.4. The van der Waals surface area contributed by atoms with Crippen molar-refractivity contribution in [2.45, 2.75) is 91.2 Å². The summed E-state index contributed by atoms with van der Waals surface area (Å²) in [5, 5.41) is 15.7. The molecule has 4 atom stereocenters. The summed E-state index contributed by atoms with van der Waals surface area (Å²) >= 11 is 0. The highest BCUT2D eigenvalue weighted by Gasteiger charge is 2.51. The third-order valence-electron chi connectivity index (χ3n) is 9.56. The average molecular weight is 547 g/mol. The number of carbonyl (C=O) groups is 3. The molecule has 0 spiro atoms. The lowest BCUT2D eigenvalue weighted by atomic mass is 9.75. The van der Waals surface area contributed by atoms with E-state index in [1.165, 1.54) is 13.2 Å². The number of hydrogen-bond donors (Lipinski definition) is 3. The number of aliphatic carboxylic acids is 1. The number of fused-ring (bicyclic) bond motifs is 2. The van der Waals surface area contributed by atoms with Crippen molar-refractivity contribution in [3.63, 3.8) is 0 Å². The first kappa shape index (κ1) is 29.2. The Morgan fingerprint density at radius 2 is 1.77 bits per heavy atom. The van der Waals surface area contributed by atoms with E-state index in [-0.39, 0.29) is 58.3 Å². The molecule has 8 nitrogen and oxygen atoms in total. The van der Waals surface area contributed by atoms with Crippen molar-refractivity contribution < 1.29 is 33.4 Å². The number of carboxylic acid groups (broad SMARTS) is 1. The maximum Gasteiger partial charge on any atom is 0.309 e. The third-order valence-corrected chi connectivity index (χ3v) is 9.56. The lowest BCUT2D eigenvalue weighted by Gasteiger charge is -2.34. The van der Waals surface area contributed by atoms with Gasteiger partial charge in [0.2, 0.25) is 5.91 Å². The molecule has 4 rings (SSSR count). The van der Waals surface area contributed by atoms with E-state index in [4.69, 9.17) is 9.47 Å². The highest BCUT2D eigenvalue weighted by molar-refractivity contribution is 5.98. The van der Waals surface area contributed by atoms with Crippen LogP contribution in [0.2, 0.25) is 0 Å². The van der Waals surface area contributed by atoms with Crippen LogP contribution in [0.5, 0.6) is 11.5 Å². The predicted molar refractivity (Wildman–Crippen MR) is 144 cm³/mol. The van der Waals surface area contributed by atoms with Gasteiger partial charge in [-0.1, -0.05) is 20.8 Å². The van der Waals surface area contributed by atoms with Gasteiger partial charge in [0.05, 0.1) is 30.1 Å². The molecule has 3 saturated carbocycles. The van der Waals surface area contributed by atoms with Gasteiger partial charge in [-0.05, 0) is 81.6 Å². The van der Waals surface area contributed by atoms with Crippen LogP contribution in [0, 0.1) is 34.4 Å². The number of ether oxygens (including phenoxy) is 2. The second-order valence-corrected chi connectivity index (χ2v) is 12.8. The Hall–Kier alpha value is -2.84. The van der Waals surface area contributed by atoms with Crippen LogP contribution in [0.4, 0.5) is 4.39 Å². The van der Waals surface area contributed by atoms with E-state index in [1.807, 2.05) is 0 Å². The molecule has 0 aromatic heterocycles. The van der Waals surface area contributed by atoms with E-state index in [0.29, 0.717) is 32.2 Å². The second kappa shape index (κ2) is 11.3. The van der Waals surface area contributed by atoms with E-state index < -0.39 is 23.1 Å². The Morgan fingerprint density at radius 3 is 2.38 bits per heavy atom. The first-order valence-electron chi connectivity index (χ1n) is 14.2. The summed E-state index contributed by atoms with van der Waals surface area (Å²) < 4.78 is 26.2. The molecule has 3 aliphatic rings. The molecule has 0 aliphatic heterocycles. The zero-order valence-corrected chi connectivity index (χ0v) is 23.8. The summed E-state index contributed by atoms with van der Waals surface area (Å²) in [5.41, 5.74) is -0.665. The van der Waals surface area contributed by atoms with Crippen molar-refractivity contribution in [3.8, 4) is 11.5 Å². The lowest BCUT2D eigenvalue weighted by Crippen LogP contribution is -2.50. The Morgan fingerprint density at radius 1 is 1.10 bits per heavy atom. The van der Waals surface area contributed by atoms with E-state index in [1.54, 1.807) is 6.92 Å². The van der Waals surface area contributed by atoms with Gasteiger partial charge in [0.1, 0.15) is 5.75 Å². The zero-order valence-electron chi connectivity index (χ0n) is 23.8. The molecule has 1 aromatic carbocycles.